The van der Waals surface area contributed by atoms with Gasteiger partial charge in [-0.05, 0) is 47.2 Å². The van der Waals surface area contributed by atoms with Gasteiger partial charge in [0.2, 0.25) is 0 Å². The SMILES string of the molecule is CCSC(C[C@H](O[Si](c1ccccc1)(c1ccccc1)C(C)(C)C)C1COC(C)(C)O1)SCC. The molecule has 0 radical (unpaired) electrons. The minimum Gasteiger partial charge on any atom is -0.402 e. The van der Waals surface area contributed by atoms with E-state index in [0.717, 1.165) is 17.9 Å². The fourth-order valence-electron chi connectivity index (χ4n) is 4.84. The van der Waals surface area contributed by atoms with E-state index >= 15 is 0 Å². The van der Waals surface area contributed by atoms with Crippen LogP contribution < -0.4 is 10.4 Å². The molecular formula is C28H42O3S2Si. The van der Waals surface area contributed by atoms with Crippen molar-refractivity contribution in [2.75, 3.05) is 18.1 Å². The molecule has 1 unspecified atom stereocenters. The summed E-state index contributed by atoms with van der Waals surface area (Å²) in [4.78, 5) is 0. The molecule has 3 nitrogen and oxygen atoms in total. The van der Waals surface area contributed by atoms with Crippen LogP contribution in [0.2, 0.25) is 5.04 Å². The maximum Gasteiger partial charge on any atom is 0.261 e. The zero-order chi connectivity index (χ0) is 24.8. The Morgan fingerprint density at radius 1 is 0.941 bits per heavy atom. The molecule has 1 heterocycles. The Morgan fingerprint density at radius 2 is 1.44 bits per heavy atom. The predicted octanol–water partition coefficient (Wildman–Crippen LogP) is 6.31. The van der Waals surface area contributed by atoms with Crippen molar-refractivity contribution in [3.8, 4) is 0 Å². The molecule has 0 bridgehead atoms. The number of rotatable bonds is 11. The Balaban J connectivity index is 2.12. The van der Waals surface area contributed by atoms with E-state index in [1.165, 1.54) is 10.4 Å². The van der Waals surface area contributed by atoms with Gasteiger partial charge < -0.3 is 13.9 Å². The van der Waals surface area contributed by atoms with E-state index in [2.05, 4.69) is 95.3 Å². The fraction of sp³-hybridized carbons (Fsp3) is 0.571. The highest BCUT2D eigenvalue weighted by molar-refractivity contribution is 8.16. The molecule has 1 fully saturated rings. The van der Waals surface area contributed by atoms with Crippen LogP contribution in [0.1, 0.15) is 54.9 Å². The molecule has 6 heteroatoms. The minimum absolute atomic E-state index is 0.0591. The van der Waals surface area contributed by atoms with E-state index in [1.54, 1.807) is 0 Å². The highest BCUT2D eigenvalue weighted by Crippen LogP contribution is 2.41. The van der Waals surface area contributed by atoms with Gasteiger partial charge in [0.1, 0.15) is 6.10 Å². The number of thioether (sulfide) groups is 2. The largest absolute Gasteiger partial charge is 0.402 e. The van der Waals surface area contributed by atoms with E-state index in [0.29, 0.717) is 11.2 Å². The number of hydrogen-bond acceptors (Lipinski definition) is 5. The molecule has 1 saturated heterocycles. The van der Waals surface area contributed by atoms with E-state index in [9.17, 15) is 0 Å². The molecule has 0 spiro atoms. The highest BCUT2D eigenvalue weighted by atomic mass is 32.2. The number of ether oxygens (including phenoxy) is 2. The van der Waals surface area contributed by atoms with E-state index < -0.39 is 14.1 Å². The molecule has 0 saturated carbocycles. The lowest BCUT2D eigenvalue weighted by Gasteiger charge is -2.46. The summed E-state index contributed by atoms with van der Waals surface area (Å²) in [5.74, 6) is 1.61. The van der Waals surface area contributed by atoms with Gasteiger partial charge in [-0.25, -0.2) is 0 Å². The van der Waals surface area contributed by atoms with Gasteiger partial charge in [0.15, 0.2) is 5.79 Å². The first kappa shape index (κ1) is 27.8. The Morgan fingerprint density at radius 3 is 1.82 bits per heavy atom. The van der Waals surface area contributed by atoms with Gasteiger partial charge >= 0.3 is 0 Å². The molecule has 2 aromatic rings. The maximum atomic E-state index is 7.58. The second kappa shape index (κ2) is 12.0. The van der Waals surface area contributed by atoms with Crippen LogP contribution in [0.15, 0.2) is 60.7 Å². The second-order valence-corrected chi connectivity index (χ2v) is 17.8. The Hall–Kier alpha value is -0.763. The molecule has 1 aliphatic heterocycles. The normalized spacial score (nSPS) is 19.5. The lowest BCUT2D eigenvalue weighted by atomic mass is 10.1. The number of benzene rings is 2. The highest BCUT2D eigenvalue weighted by Gasteiger charge is 2.53. The average molecular weight is 519 g/mol. The fourth-order valence-corrected chi connectivity index (χ4v) is 12.2. The Labute approximate surface area is 216 Å². The molecule has 0 aliphatic carbocycles. The first-order valence-corrected chi connectivity index (χ1v) is 16.5. The van der Waals surface area contributed by atoms with E-state index in [-0.39, 0.29) is 17.2 Å². The predicted molar refractivity (Wildman–Crippen MR) is 152 cm³/mol. The van der Waals surface area contributed by atoms with Gasteiger partial charge in [-0.1, -0.05) is 95.3 Å². The molecule has 3 rings (SSSR count). The van der Waals surface area contributed by atoms with Gasteiger partial charge in [0, 0.05) is 0 Å². The summed E-state index contributed by atoms with van der Waals surface area (Å²) >= 11 is 4.03. The maximum absolute atomic E-state index is 7.58. The van der Waals surface area contributed by atoms with Crippen molar-refractivity contribution < 1.29 is 13.9 Å². The molecule has 2 aromatic carbocycles. The summed E-state index contributed by atoms with van der Waals surface area (Å²) in [6, 6.07) is 21.8. The summed E-state index contributed by atoms with van der Waals surface area (Å²) in [6.07, 6.45) is 0.788. The van der Waals surface area contributed by atoms with Crippen LogP contribution >= 0.6 is 23.5 Å². The summed E-state index contributed by atoms with van der Waals surface area (Å²) in [5, 5.41) is 2.54. The van der Waals surface area contributed by atoms with Gasteiger partial charge in [0.25, 0.3) is 8.32 Å². The zero-order valence-corrected chi connectivity index (χ0v) is 24.5. The lowest BCUT2D eigenvalue weighted by Crippen LogP contribution is -2.68. The van der Waals surface area contributed by atoms with Crippen molar-refractivity contribution in [2.24, 2.45) is 0 Å². The van der Waals surface area contributed by atoms with Crippen LogP contribution in [-0.2, 0) is 13.9 Å². The zero-order valence-electron chi connectivity index (χ0n) is 21.9. The topological polar surface area (TPSA) is 27.7 Å². The van der Waals surface area contributed by atoms with Crippen LogP contribution in [0, 0.1) is 0 Å². The van der Waals surface area contributed by atoms with Crippen LogP contribution in [0.4, 0.5) is 0 Å². The molecule has 0 aromatic heterocycles. The smallest absolute Gasteiger partial charge is 0.261 e. The van der Waals surface area contributed by atoms with Crippen molar-refractivity contribution >= 4 is 42.2 Å². The molecular weight excluding hydrogens is 477 g/mol. The Kier molecular flexibility index (Phi) is 9.80. The first-order valence-electron chi connectivity index (χ1n) is 12.5. The molecule has 2 atom stereocenters. The average Bonchev–Trinajstić information content (AvgIpc) is 3.17. The van der Waals surface area contributed by atoms with Crippen LogP contribution in [0.3, 0.4) is 0 Å². The first-order chi connectivity index (χ1) is 16.1. The lowest BCUT2D eigenvalue weighted by molar-refractivity contribution is -0.149. The van der Waals surface area contributed by atoms with Gasteiger partial charge in [-0.3, -0.25) is 0 Å². The van der Waals surface area contributed by atoms with Crippen LogP contribution in [-0.4, -0.2) is 49.0 Å². The Bertz CT molecular complexity index is 825. The minimum atomic E-state index is -2.69. The number of hydrogen-bond donors (Lipinski definition) is 0. The third-order valence-electron chi connectivity index (χ3n) is 6.32. The summed E-state index contributed by atoms with van der Waals surface area (Å²) in [7, 11) is -2.69. The monoisotopic (exact) mass is 518 g/mol. The summed E-state index contributed by atoms with van der Waals surface area (Å²) in [6.45, 7) is 16.1. The molecule has 1 aliphatic rings. The third kappa shape index (κ3) is 6.51. The molecule has 0 amide bonds. The molecule has 0 N–H and O–H groups in total. The van der Waals surface area contributed by atoms with Gasteiger partial charge in [0.05, 0.1) is 17.3 Å². The van der Waals surface area contributed by atoms with Crippen molar-refractivity contribution in [1.82, 2.24) is 0 Å². The van der Waals surface area contributed by atoms with Crippen molar-refractivity contribution in [2.45, 2.75) is 82.5 Å². The molecule has 188 valence electrons. The van der Waals surface area contributed by atoms with E-state index in [4.69, 9.17) is 13.9 Å². The van der Waals surface area contributed by atoms with Crippen LogP contribution in [0.25, 0.3) is 0 Å². The third-order valence-corrected chi connectivity index (χ3v) is 14.0. The van der Waals surface area contributed by atoms with Crippen molar-refractivity contribution in [3.05, 3.63) is 60.7 Å². The summed E-state index contributed by atoms with van der Waals surface area (Å²) < 4.78 is 20.5. The van der Waals surface area contributed by atoms with Crippen LogP contribution in [0.5, 0.6) is 0 Å². The van der Waals surface area contributed by atoms with E-state index in [1.807, 2.05) is 37.4 Å². The second-order valence-electron chi connectivity index (χ2n) is 10.3. The van der Waals surface area contributed by atoms with Crippen molar-refractivity contribution in [1.29, 1.82) is 0 Å². The van der Waals surface area contributed by atoms with Crippen molar-refractivity contribution in [3.63, 3.8) is 0 Å². The molecule has 34 heavy (non-hydrogen) atoms. The standard InChI is InChI=1S/C28H42O3S2Si/c1-8-32-26(33-9-2)20-24(25-21-29-28(6,7)30-25)31-34(27(3,4)5,22-16-12-10-13-17-22)23-18-14-11-15-19-23/h10-19,24-26H,8-9,20-21H2,1-7H3/t24-,25?/m0/s1. The quantitative estimate of drug-likeness (QED) is 0.257. The summed E-state index contributed by atoms with van der Waals surface area (Å²) in [5.41, 5.74) is 0. The van der Waals surface area contributed by atoms with Gasteiger partial charge in [-0.2, -0.15) is 0 Å². The van der Waals surface area contributed by atoms with Gasteiger partial charge in [-0.15, -0.1) is 23.5 Å².